The number of benzene rings is 4. The van der Waals surface area contributed by atoms with E-state index in [2.05, 4.69) is 60.1 Å². The van der Waals surface area contributed by atoms with Gasteiger partial charge < -0.3 is 0 Å². The zero-order valence-electron chi connectivity index (χ0n) is 15.4. The van der Waals surface area contributed by atoms with Crippen molar-refractivity contribution in [2.75, 3.05) is 0 Å². The molecule has 0 aliphatic rings. The van der Waals surface area contributed by atoms with Gasteiger partial charge in [0.05, 0.1) is 0 Å². The zero-order valence-corrected chi connectivity index (χ0v) is 15.4. The molecular weight excluding hydrogens is 336 g/mol. The molecule has 0 spiro atoms. The molecule has 0 atom stereocenters. The van der Waals surface area contributed by atoms with E-state index in [0.717, 1.165) is 33.4 Å². The maximum Gasteiger partial charge on any atom is 0.0255 e. The van der Waals surface area contributed by atoms with E-state index in [0.29, 0.717) is 0 Å². The molecule has 130 valence electrons. The minimum Gasteiger partial charge on any atom is -0.0622 e. The Balaban J connectivity index is 1.54. The fourth-order valence-corrected chi connectivity index (χ4v) is 2.85. The van der Waals surface area contributed by atoms with E-state index in [1.807, 2.05) is 72.8 Å². The average molecular weight is 354 g/mol. The summed E-state index contributed by atoms with van der Waals surface area (Å²) >= 11 is 0. The molecule has 0 unspecified atom stereocenters. The molecule has 0 fully saturated rings. The van der Waals surface area contributed by atoms with Gasteiger partial charge in [0.1, 0.15) is 0 Å². The molecule has 0 aromatic heterocycles. The summed E-state index contributed by atoms with van der Waals surface area (Å²) in [5, 5.41) is 0. The third-order valence-corrected chi connectivity index (χ3v) is 4.33. The zero-order chi connectivity index (χ0) is 19.0. The SMILES string of the molecule is C(#Cc1ccc(-c2cccc(C#Cc3ccccc3)c2)cc1)c1ccccc1. The van der Waals surface area contributed by atoms with E-state index in [9.17, 15) is 0 Å². The molecule has 0 amide bonds. The minimum absolute atomic E-state index is 1.01. The van der Waals surface area contributed by atoms with Gasteiger partial charge in [0.2, 0.25) is 0 Å². The smallest absolute Gasteiger partial charge is 0.0255 e. The summed E-state index contributed by atoms with van der Waals surface area (Å²) in [4.78, 5) is 0. The molecule has 0 radical (unpaired) electrons. The van der Waals surface area contributed by atoms with Crippen LogP contribution in [0.4, 0.5) is 0 Å². The molecule has 0 aliphatic heterocycles. The van der Waals surface area contributed by atoms with Crippen molar-refractivity contribution in [3.63, 3.8) is 0 Å². The number of hydrogen-bond acceptors (Lipinski definition) is 0. The predicted octanol–water partition coefficient (Wildman–Crippen LogP) is 6.15. The largest absolute Gasteiger partial charge is 0.0622 e. The van der Waals surface area contributed by atoms with Crippen molar-refractivity contribution in [1.29, 1.82) is 0 Å². The van der Waals surface area contributed by atoms with E-state index in [1.165, 1.54) is 0 Å². The lowest BCUT2D eigenvalue weighted by Gasteiger charge is -2.02. The maximum atomic E-state index is 3.25. The molecule has 4 rings (SSSR count). The molecule has 0 aliphatic carbocycles. The van der Waals surface area contributed by atoms with Crippen molar-refractivity contribution >= 4 is 0 Å². The van der Waals surface area contributed by atoms with E-state index in [4.69, 9.17) is 0 Å². The van der Waals surface area contributed by atoms with Gasteiger partial charge in [-0.15, -0.1) is 0 Å². The molecule has 0 saturated carbocycles. The van der Waals surface area contributed by atoms with E-state index in [-0.39, 0.29) is 0 Å². The fourth-order valence-electron chi connectivity index (χ4n) is 2.85. The lowest BCUT2D eigenvalue weighted by Crippen LogP contribution is -1.82. The third kappa shape index (κ3) is 4.59. The second-order valence-electron chi connectivity index (χ2n) is 6.39. The van der Waals surface area contributed by atoms with Crippen LogP contribution in [-0.4, -0.2) is 0 Å². The molecular formula is C28H18. The van der Waals surface area contributed by atoms with Crippen molar-refractivity contribution in [3.8, 4) is 34.8 Å². The topological polar surface area (TPSA) is 0 Å². The Hall–Kier alpha value is -4.00. The average Bonchev–Trinajstić information content (AvgIpc) is 2.78. The van der Waals surface area contributed by atoms with Gasteiger partial charge >= 0.3 is 0 Å². The maximum absolute atomic E-state index is 3.25. The Morgan fingerprint density at radius 3 is 1.36 bits per heavy atom. The van der Waals surface area contributed by atoms with Crippen LogP contribution in [0.25, 0.3) is 11.1 Å². The molecule has 28 heavy (non-hydrogen) atoms. The predicted molar refractivity (Wildman–Crippen MR) is 117 cm³/mol. The van der Waals surface area contributed by atoms with Crippen LogP contribution in [0, 0.1) is 23.7 Å². The first kappa shape index (κ1) is 17.4. The Kier molecular flexibility index (Phi) is 5.34. The van der Waals surface area contributed by atoms with Crippen molar-refractivity contribution in [3.05, 3.63) is 131 Å². The first-order chi connectivity index (χ1) is 13.9. The van der Waals surface area contributed by atoms with Crippen molar-refractivity contribution in [1.82, 2.24) is 0 Å². The van der Waals surface area contributed by atoms with Crippen LogP contribution in [0.2, 0.25) is 0 Å². The van der Waals surface area contributed by atoms with Gasteiger partial charge in [-0.05, 0) is 59.7 Å². The van der Waals surface area contributed by atoms with E-state index in [1.54, 1.807) is 0 Å². The van der Waals surface area contributed by atoms with E-state index < -0.39 is 0 Å². The van der Waals surface area contributed by atoms with Crippen LogP contribution < -0.4 is 0 Å². The van der Waals surface area contributed by atoms with Gasteiger partial charge in [-0.25, -0.2) is 0 Å². The number of rotatable bonds is 1. The third-order valence-electron chi connectivity index (χ3n) is 4.33. The second kappa shape index (κ2) is 8.59. The Morgan fingerprint density at radius 1 is 0.321 bits per heavy atom. The van der Waals surface area contributed by atoms with Crippen molar-refractivity contribution in [2.45, 2.75) is 0 Å². The van der Waals surface area contributed by atoms with Gasteiger partial charge in [-0.2, -0.15) is 0 Å². The van der Waals surface area contributed by atoms with Crippen LogP contribution >= 0.6 is 0 Å². The Morgan fingerprint density at radius 2 is 0.786 bits per heavy atom. The summed E-state index contributed by atoms with van der Waals surface area (Å²) in [6.07, 6.45) is 0. The Bertz CT molecular complexity index is 1180. The highest BCUT2D eigenvalue weighted by Crippen LogP contribution is 2.20. The molecule has 4 aromatic carbocycles. The summed E-state index contributed by atoms with van der Waals surface area (Å²) < 4.78 is 0. The van der Waals surface area contributed by atoms with Gasteiger partial charge in [-0.1, -0.05) is 84.3 Å². The lowest BCUT2D eigenvalue weighted by atomic mass is 10.0. The summed E-state index contributed by atoms with van der Waals surface area (Å²) in [6.45, 7) is 0. The highest BCUT2D eigenvalue weighted by Gasteiger charge is 1.98. The van der Waals surface area contributed by atoms with Gasteiger partial charge in [-0.3, -0.25) is 0 Å². The first-order valence-electron chi connectivity index (χ1n) is 9.21. The molecule has 0 nitrogen and oxygen atoms in total. The normalized spacial score (nSPS) is 9.57. The minimum atomic E-state index is 1.01. The van der Waals surface area contributed by atoms with Crippen LogP contribution in [0.5, 0.6) is 0 Å². The van der Waals surface area contributed by atoms with Crippen LogP contribution in [-0.2, 0) is 0 Å². The highest BCUT2D eigenvalue weighted by atomic mass is 14.0. The molecule has 0 heteroatoms. The summed E-state index contributed by atoms with van der Waals surface area (Å²) in [7, 11) is 0. The molecule has 0 saturated heterocycles. The summed E-state index contributed by atoms with van der Waals surface area (Å²) in [5.41, 5.74) is 6.38. The van der Waals surface area contributed by atoms with Crippen LogP contribution in [0.3, 0.4) is 0 Å². The van der Waals surface area contributed by atoms with Gasteiger partial charge in [0, 0.05) is 22.3 Å². The molecule has 0 bridgehead atoms. The first-order valence-corrected chi connectivity index (χ1v) is 9.21. The van der Waals surface area contributed by atoms with Gasteiger partial charge in [0.15, 0.2) is 0 Å². The molecule has 0 heterocycles. The fraction of sp³-hybridized carbons (Fsp3) is 0. The standard InChI is InChI=1S/C28H18/c1-3-8-23(9-4-1)14-15-25-18-20-27(21-19-25)28-13-7-12-26(22-28)17-16-24-10-5-2-6-11-24/h1-13,18-22H. The van der Waals surface area contributed by atoms with Crippen molar-refractivity contribution < 1.29 is 0 Å². The molecule has 4 aromatic rings. The second-order valence-corrected chi connectivity index (χ2v) is 6.39. The quantitative estimate of drug-likeness (QED) is 0.359. The Labute approximate surface area is 166 Å². The van der Waals surface area contributed by atoms with Crippen LogP contribution in [0.15, 0.2) is 109 Å². The van der Waals surface area contributed by atoms with Gasteiger partial charge in [0.25, 0.3) is 0 Å². The van der Waals surface area contributed by atoms with Crippen LogP contribution in [0.1, 0.15) is 22.3 Å². The van der Waals surface area contributed by atoms with Crippen molar-refractivity contribution in [2.24, 2.45) is 0 Å². The summed E-state index contributed by atoms with van der Waals surface area (Å²) in [6, 6.07) is 36.7. The summed E-state index contributed by atoms with van der Waals surface area (Å²) in [5.74, 6) is 12.9. The highest BCUT2D eigenvalue weighted by molar-refractivity contribution is 5.66. The number of hydrogen-bond donors (Lipinski definition) is 0. The molecule has 0 N–H and O–H groups in total. The monoisotopic (exact) mass is 354 g/mol. The van der Waals surface area contributed by atoms with E-state index >= 15 is 0 Å². The lowest BCUT2D eigenvalue weighted by molar-refractivity contribution is 1.57.